The normalized spacial score (nSPS) is 18.1. The molecule has 0 saturated carbocycles. The number of aliphatic hydroxyl groups excluding tert-OH is 1. The fourth-order valence-electron chi connectivity index (χ4n) is 3.58. The van der Waals surface area contributed by atoms with Gasteiger partial charge in [0.2, 0.25) is 0 Å². The summed E-state index contributed by atoms with van der Waals surface area (Å²) in [6, 6.07) is 15.6. The van der Waals surface area contributed by atoms with E-state index in [0.717, 1.165) is 12.0 Å². The summed E-state index contributed by atoms with van der Waals surface area (Å²) in [6.07, 6.45) is 1.45. The Morgan fingerprint density at radius 2 is 1.83 bits per heavy atom. The molecule has 3 rings (SSSR count). The standard InChI is InChI=1S/C24H27NO5/c1-3-14-30-19-12-7-11-18(16-19)22(26)20-21(17-9-5-4-6-10-17)25(13-8-15-29-2)24(28)23(20)27/h4-7,9-12,16,21,26H,3,8,13-15H2,1-2H3/b22-20+. The van der Waals surface area contributed by atoms with Crippen molar-refractivity contribution in [3.8, 4) is 5.75 Å². The van der Waals surface area contributed by atoms with Crippen molar-refractivity contribution in [3.05, 3.63) is 71.3 Å². The summed E-state index contributed by atoms with van der Waals surface area (Å²) in [5.41, 5.74) is 1.31. The van der Waals surface area contributed by atoms with E-state index in [9.17, 15) is 14.7 Å². The zero-order valence-electron chi connectivity index (χ0n) is 17.3. The Bertz CT molecular complexity index is 922. The van der Waals surface area contributed by atoms with Crippen molar-refractivity contribution in [1.29, 1.82) is 0 Å². The highest BCUT2D eigenvalue weighted by Gasteiger charge is 2.45. The number of ketones is 1. The Labute approximate surface area is 176 Å². The number of hydrogen-bond acceptors (Lipinski definition) is 5. The Kier molecular flexibility index (Phi) is 7.25. The van der Waals surface area contributed by atoms with Crippen LogP contribution in [0.25, 0.3) is 5.76 Å². The number of nitrogens with zero attached hydrogens (tertiary/aromatic N) is 1. The number of rotatable bonds is 9. The van der Waals surface area contributed by atoms with Crippen molar-refractivity contribution in [3.63, 3.8) is 0 Å². The lowest BCUT2D eigenvalue weighted by Gasteiger charge is -2.25. The molecule has 0 aliphatic carbocycles. The van der Waals surface area contributed by atoms with E-state index in [0.29, 0.717) is 37.5 Å². The van der Waals surface area contributed by atoms with Crippen LogP contribution in [-0.2, 0) is 14.3 Å². The molecule has 1 aliphatic heterocycles. The number of carbonyl (C=O) groups is 2. The summed E-state index contributed by atoms with van der Waals surface area (Å²) < 4.78 is 10.7. The van der Waals surface area contributed by atoms with Gasteiger partial charge < -0.3 is 19.5 Å². The molecule has 1 atom stereocenters. The second-order valence-electron chi connectivity index (χ2n) is 7.13. The first-order chi connectivity index (χ1) is 14.6. The van der Waals surface area contributed by atoms with Gasteiger partial charge in [0.1, 0.15) is 11.5 Å². The van der Waals surface area contributed by atoms with Crippen molar-refractivity contribution in [1.82, 2.24) is 4.90 Å². The minimum atomic E-state index is -0.682. The van der Waals surface area contributed by atoms with Gasteiger partial charge in [-0.3, -0.25) is 9.59 Å². The smallest absolute Gasteiger partial charge is 0.295 e. The third-order valence-electron chi connectivity index (χ3n) is 4.98. The Balaban J connectivity index is 2.05. The van der Waals surface area contributed by atoms with Crippen LogP contribution in [0.1, 0.15) is 36.9 Å². The fourth-order valence-corrected chi connectivity index (χ4v) is 3.58. The number of benzene rings is 2. The summed E-state index contributed by atoms with van der Waals surface area (Å²) in [6.45, 7) is 3.39. The molecule has 30 heavy (non-hydrogen) atoms. The summed E-state index contributed by atoms with van der Waals surface area (Å²) in [7, 11) is 1.59. The van der Waals surface area contributed by atoms with Crippen LogP contribution in [0, 0.1) is 0 Å². The highest BCUT2D eigenvalue weighted by Crippen LogP contribution is 2.39. The van der Waals surface area contributed by atoms with E-state index in [4.69, 9.17) is 9.47 Å². The van der Waals surface area contributed by atoms with Crippen LogP contribution in [0.3, 0.4) is 0 Å². The highest BCUT2D eigenvalue weighted by atomic mass is 16.5. The molecule has 2 aromatic rings. The molecule has 158 valence electrons. The van der Waals surface area contributed by atoms with Gasteiger partial charge in [0.05, 0.1) is 18.2 Å². The lowest BCUT2D eigenvalue weighted by molar-refractivity contribution is -0.140. The molecule has 6 heteroatoms. The zero-order chi connectivity index (χ0) is 21.5. The number of ether oxygens (including phenoxy) is 2. The number of hydrogen-bond donors (Lipinski definition) is 1. The number of likely N-dealkylation sites (tertiary alicyclic amines) is 1. The number of aliphatic hydroxyl groups is 1. The number of amides is 1. The molecule has 1 saturated heterocycles. The molecular weight excluding hydrogens is 382 g/mol. The quantitative estimate of drug-likeness (QED) is 0.294. The molecule has 1 fully saturated rings. The van der Waals surface area contributed by atoms with Crippen molar-refractivity contribution < 1.29 is 24.2 Å². The van der Waals surface area contributed by atoms with Gasteiger partial charge in [0.25, 0.3) is 11.7 Å². The first kappa shape index (κ1) is 21.6. The molecule has 1 unspecified atom stereocenters. The molecule has 2 aromatic carbocycles. The maximum absolute atomic E-state index is 12.9. The lowest BCUT2D eigenvalue weighted by atomic mass is 9.95. The fraction of sp³-hybridized carbons (Fsp3) is 0.333. The van der Waals surface area contributed by atoms with Crippen LogP contribution < -0.4 is 4.74 Å². The van der Waals surface area contributed by atoms with Gasteiger partial charge in [-0.25, -0.2) is 0 Å². The van der Waals surface area contributed by atoms with Crippen LogP contribution in [0.4, 0.5) is 0 Å². The highest BCUT2D eigenvalue weighted by molar-refractivity contribution is 6.46. The van der Waals surface area contributed by atoms with Crippen LogP contribution in [-0.4, -0.2) is 48.6 Å². The first-order valence-electron chi connectivity index (χ1n) is 10.1. The van der Waals surface area contributed by atoms with Gasteiger partial charge in [0, 0.05) is 25.8 Å². The molecule has 0 spiro atoms. The second-order valence-corrected chi connectivity index (χ2v) is 7.13. The van der Waals surface area contributed by atoms with Crippen LogP contribution >= 0.6 is 0 Å². The molecule has 6 nitrogen and oxygen atoms in total. The predicted octanol–water partition coefficient (Wildman–Crippen LogP) is 3.93. The molecular formula is C24H27NO5. The molecule has 1 heterocycles. The molecule has 1 aliphatic rings. The Morgan fingerprint density at radius 3 is 2.53 bits per heavy atom. The SMILES string of the molecule is CCCOc1cccc(/C(O)=C2\C(=O)C(=O)N(CCCOC)C2c2ccccc2)c1. The van der Waals surface area contributed by atoms with Gasteiger partial charge in [-0.05, 0) is 30.5 Å². The molecule has 0 radical (unpaired) electrons. The summed E-state index contributed by atoms with van der Waals surface area (Å²) in [5, 5.41) is 11.1. The van der Waals surface area contributed by atoms with E-state index >= 15 is 0 Å². The summed E-state index contributed by atoms with van der Waals surface area (Å²) in [4.78, 5) is 27.2. The first-order valence-corrected chi connectivity index (χ1v) is 10.1. The average Bonchev–Trinajstić information content (AvgIpc) is 3.03. The minimum Gasteiger partial charge on any atom is -0.507 e. The van der Waals surface area contributed by atoms with E-state index < -0.39 is 17.7 Å². The molecule has 0 aromatic heterocycles. The minimum absolute atomic E-state index is 0.0938. The van der Waals surface area contributed by atoms with Crippen molar-refractivity contribution >= 4 is 17.4 Å². The largest absolute Gasteiger partial charge is 0.507 e. The Morgan fingerprint density at radius 1 is 1.07 bits per heavy atom. The van der Waals surface area contributed by atoms with E-state index in [1.807, 2.05) is 37.3 Å². The van der Waals surface area contributed by atoms with Gasteiger partial charge in [0.15, 0.2) is 0 Å². The maximum Gasteiger partial charge on any atom is 0.295 e. The van der Waals surface area contributed by atoms with Crippen molar-refractivity contribution in [2.45, 2.75) is 25.8 Å². The summed E-state index contributed by atoms with van der Waals surface area (Å²) in [5.74, 6) is -0.886. The zero-order valence-corrected chi connectivity index (χ0v) is 17.3. The Hall–Kier alpha value is -3.12. The van der Waals surface area contributed by atoms with E-state index in [1.165, 1.54) is 4.90 Å². The van der Waals surface area contributed by atoms with Crippen LogP contribution in [0.15, 0.2) is 60.2 Å². The third-order valence-corrected chi connectivity index (χ3v) is 4.98. The second kappa shape index (κ2) is 10.1. The number of methoxy groups -OCH3 is 1. The molecule has 1 N–H and O–H groups in total. The lowest BCUT2D eigenvalue weighted by Crippen LogP contribution is -2.31. The maximum atomic E-state index is 12.9. The predicted molar refractivity (Wildman–Crippen MR) is 114 cm³/mol. The van der Waals surface area contributed by atoms with Crippen molar-refractivity contribution in [2.75, 3.05) is 26.9 Å². The monoisotopic (exact) mass is 409 g/mol. The average molecular weight is 409 g/mol. The van der Waals surface area contributed by atoms with Gasteiger partial charge in [-0.1, -0.05) is 49.4 Å². The third kappa shape index (κ3) is 4.54. The molecule has 0 bridgehead atoms. The van der Waals surface area contributed by atoms with Crippen LogP contribution in [0.2, 0.25) is 0 Å². The van der Waals surface area contributed by atoms with Crippen LogP contribution in [0.5, 0.6) is 5.75 Å². The number of carbonyl (C=O) groups excluding carboxylic acids is 2. The topological polar surface area (TPSA) is 76.1 Å². The van der Waals surface area contributed by atoms with E-state index in [2.05, 4.69) is 0 Å². The van der Waals surface area contributed by atoms with E-state index in [-0.39, 0.29) is 11.3 Å². The number of Topliss-reactive ketones (excluding diaryl/α,β-unsaturated/α-hetero) is 1. The molecule has 1 amide bonds. The van der Waals surface area contributed by atoms with Crippen molar-refractivity contribution in [2.24, 2.45) is 0 Å². The summed E-state index contributed by atoms with van der Waals surface area (Å²) >= 11 is 0. The van der Waals surface area contributed by atoms with Gasteiger partial charge in [-0.2, -0.15) is 0 Å². The van der Waals surface area contributed by atoms with Gasteiger partial charge >= 0.3 is 0 Å². The van der Waals surface area contributed by atoms with E-state index in [1.54, 1.807) is 31.4 Å². The van der Waals surface area contributed by atoms with Gasteiger partial charge in [-0.15, -0.1) is 0 Å².